The van der Waals surface area contributed by atoms with Crippen LogP contribution < -0.4 is 5.32 Å². The Kier molecular flexibility index (Phi) is 4.56. The van der Waals surface area contributed by atoms with Crippen LogP contribution in [0.15, 0.2) is 35.7 Å². The molecular formula is C16H21NS. The molecule has 1 N–H and O–H groups in total. The van der Waals surface area contributed by atoms with Crippen LogP contribution in [0.5, 0.6) is 0 Å². The molecule has 0 radical (unpaired) electrons. The van der Waals surface area contributed by atoms with Crippen molar-refractivity contribution in [1.82, 2.24) is 5.32 Å². The Bertz CT molecular complexity index is 488. The van der Waals surface area contributed by atoms with Gasteiger partial charge in [-0.05, 0) is 55.3 Å². The van der Waals surface area contributed by atoms with Crippen molar-refractivity contribution < 1.29 is 0 Å². The first kappa shape index (κ1) is 13.3. The minimum Gasteiger partial charge on any atom is -0.310 e. The zero-order valence-corrected chi connectivity index (χ0v) is 12.2. The van der Waals surface area contributed by atoms with E-state index < -0.39 is 0 Å². The third-order valence-electron chi connectivity index (χ3n) is 3.45. The van der Waals surface area contributed by atoms with Gasteiger partial charge in [0.15, 0.2) is 0 Å². The lowest BCUT2D eigenvalue weighted by Crippen LogP contribution is -2.27. The molecule has 18 heavy (non-hydrogen) atoms. The molecule has 0 fully saturated rings. The lowest BCUT2D eigenvalue weighted by atomic mass is 10.0. The predicted molar refractivity (Wildman–Crippen MR) is 80.2 cm³/mol. The topological polar surface area (TPSA) is 12.0 Å². The fourth-order valence-electron chi connectivity index (χ4n) is 2.09. The molecule has 1 heterocycles. The van der Waals surface area contributed by atoms with Gasteiger partial charge in [0.05, 0.1) is 0 Å². The summed E-state index contributed by atoms with van der Waals surface area (Å²) in [6, 6.07) is 11.4. The summed E-state index contributed by atoms with van der Waals surface area (Å²) in [4.78, 5) is 1.45. The van der Waals surface area contributed by atoms with Crippen LogP contribution in [0.3, 0.4) is 0 Å². The van der Waals surface area contributed by atoms with Gasteiger partial charge in [0.2, 0.25) is 0 Å². The van der Waals surface area contributed by atoms with Crippen LogP contribution in [0.25, 0.3) is 0 Å². The van der Waals surface area contributed by atoms with Gasteiger partial charge in [-0.15, -0.1) is 11.3 Å². The molecule has 2 rings (SSSR count). The molecule has 0 aliphatic carbocycles. The van der Waals surface area contributed by atoms with Crippen LogP contribution in [0.1, 0.15) is 28.5 Å². The monoisotopic (exact) mass is 259 g/mol. The molecule has 1 atom stereocenters. The fourth-order valence-corrected chi connectivity index (χ4v) is 2.93. The molecule has 0 saturated carbocycles. The summed E-state index contributed by atoms with van der Waals surface area (Å²) in [7, 11) is 0. The molecule has 96 valence electrons. The third kappa shape index (κ3) is 3.44. The van der Waals surface area contributed by atoms with Gasteiger partial charge >= 0.3 is 0 Å². The summed E-state index contributed by atoms with van der Waals surface area (Å²) >= 11 is 1.84. The maximum atomic E-state index is 3.61. The summed E-state index contributed by atoms with van der Waals surface area (Å²) in [6.07, 6.45) is 1.11. The van der Waals surface area contributed by atoms with Gasteiger partial charge in [-0.2, -0.15) is 0 Å². The highest BCUT2D eigenvalue weighted by atomic mass is 32.1. The third-order valence-corrected chi connectivity index (χ3v) is 4.34. The van der Waals surface area contributed by atoms with E-state index in [2.05, 4.69) is 61.8 Å². The normalized spacial score (nSPS) is 12.6. The SMILES string of the molecule is Cc1cccc(CNC(C)Cc2cccs2)c1C. The largest absolute Gasteiger partial charge is 0.310 e. The molecule has 0 bridgehead atoms. The number of hydrogen-bond acceptors (Lipinski definition) is 2. The highest BCUT2D eigenvalue weighted by Crippen LogP contribution is 2.14. The second kappa shape index (κ2) is 6.17. The molecule has 1 nitrogen and oxygen atoms in total. The molecule has 1 aromatic heterocycles. The predicted octanol–water partition coefficient (Wildman–Crippen LogP) is 4.09. The van der Waals surface area contributed by atoms with Gasteiger partial charge in [-0.3, -0.25) is 0 Å². The summed E-state index contributed by atoms with van der Waals surface area (Å²) in [6.45, 7) is 7.59. The van der Waals surface area contributed by atoms with Crippen LogP contribution in [-0.4, -0.2) is 6.04 Å². The molecule has 0 saturated heterocycles. The number of nitrogens with one attached hydrogen (secondary N) is 1. The fraction of sp³-hybridized carbons (Fsp3) is 0.375. The van der Waals surface area contributed by atoms with Gasteiger partial charge < -0.3 is 5.32 Å². The van der Waals surface area contributed by atoms with E-state index in [0.29, 0.717) is 6.04 Å². The number of rotatable bonds is 5. The average Bonchev–Trinajstić information content (AvgIpc) is 2.84. The van der Waals surface area contributed by atoms with Crippen LogP contribution >= 0.6 is 11.3 Å². The Morgan fingerprint density at radius 2 is 2.00 bits per heavy atom. The first-order valence-corrected chi connectivity index (χ1v) is 7.35. The molecular weight excluding hydrogens is 238 g/mol. The number of benzene rings is 1. The standard InChI is InChI=1S/C16H21NS/c1-12-6-4-7-15(14(12)3)11-17-13(2)10-16-8-5-9-18-16/h4-9,13,17H,10-11H2,1-3H3. The van der Waals surface area contributed by atoms with Crippen LogP contribution in [0.2, 0.25) is 0 Å². The summed E-state index contributed by atoms with van der Waals surface area (Å²) in [5, 5.41) is 5.76. The first-order valence-electron chi connectivity index (χ1n) is 6.47. The molecule has 0 aliphatic rings. The van der Waals surface area contributed by atoms with Crippen molar-refractivity contribution in [1.29, 1.82) is 0 Å². The molecule has 2 heteroatoms. The molecule has 2 aromatic rings. The Labute approximate surface area is 114 Å². The van der Waals surface area contributed by atoms with Crippen molar-refractivity contribution in [2.24, 2.45) is 0 Å². The number of hydrogen-bond donors (Lipinski definition) is 1. The van der Waals surface area contributed by atoms with E-state index in [9.17, 15) is 0 Å². The van der Waals surface area contributed by atoms with E-state index in [0.717, 1.165) is 13.0 Å². The van der Waals surface area contributed by atoms with Gasteiger partial charge in [0, 0.05) is 17.5 Å². The zero-order valence-electron chi connectivity index (χ0n) is 11.4. The Morgan fingerprint density at radius 3 is 2.72 bits per heavy atom. The molecule has 0 aliphatic heterocycles. The Balaban J connectivity index is 1.89. The van der Waals surface area contributed by atoms with Gasteiger partial charge in [-0.1, -0.05) is 24.3 Å². The maximum Gasteiger partial charge on any atom is 0.0210 e. The van der Waals surface area contributed by atoms with E-state index in [-0.39, 0.29) is 0 Å². The lowest BCUT2D eigenvalue weighted by molar-refractivity contribution is 0.547. The summed E-state index contributed by atoms with van der Waals surface area (Å²) < 4.78 is 0. The van der Waals surface area contributed by atoms with Gasteiger partial charge in [0.25, 0.3) is 0 Å². The number of aryl methyl sites for hydroxylation is 1. The Hall–Kier alpha value is -1.12. The van der Waals surface area contributed by atoms with Crippen LogP contribution in [0, 0.1) is 13.8 Å². The minimum absolute atomic E-state index is 0.517. The van der Waals surface area contributed by atoms with E-state index in [1.54, 1.807) is 0 Å². The summed E-state index contributed by atoms with van der Waals surface area (Å²) in [5.74, 6) is 0. The zero-order chi connectivity index (χ0) is 13.0. The maximum absolute atomic E-state index is 3.61. The van der Waals surface area contributed by atoms with Crippen molar-refractivity contribution in [3.8, 4) is 0 Å². The van der Waals surface area contributed by atoms with Crippen molar-refractivity contribution >= 4 is 11.3 Å². The first-order chi connectivity index (χ1) is 8.66. The second-order valence-corrected chi connectivity index (χ2v) is 5.96. The van der Waals surface area contributed by atoms with E-state index >= 15 is 0 Å². The van der Waals surface area contributed by atoms with Crippen LogP contribution in [0.4, 0.5) is 0 Å². The minimum atomic E-state index is 0.517. The van der Waals surface area contributed by atoms with E-state index in [1.165, 1.54) is 21.6 Å². The molecule has 0 spiro atoms. The van der Waals surface area contributed by atoms with Crippen molar-refractivity contribution in [3.63, 3.8) is 0 Å². The van der Waals surface area contributed by atoms with Gasteiger partial charge in [0.1, 0.15) is 0 Å². The van der Waals surface area contributed by atoms with Gasteiger partial charge in [-0.25, -0.2) is 0 Å². The Morgan fingerprint density at radius 1 is 1.17 bits per heavy atom. The summed E-state index contributed by atoms with van der Waals surface area (Å²) in [5.41, 5.74) is 4.20. The molecule has 0 amide bonds. The van der Waals surface area contributed by atoms with Crippen molar-refractivity contribution in [2.45, 2.75) is 39.8 Å². The highest BCUT2D eigenvalue weighted by molar-refractivity contribution is 7.09. The molecule has 1 unspecified atom stereocenters. The van der Waals surface area contributed by atoms with Crippen LogP contribution in [-0.2, 0) is 13.0 Å². The number of thiophene rings is 1. The van der Waals surface area contributed by atoms with Crippen molar-refractivity contribution in [2.75, 3.05) is 0 Å². The smallest absolute Gasteiger partial charge is 0.0210 e. The lowest BCUT2D eigenvalue weighted by Gasteiger charge is -2.15. The highest BCUT2D eigenvalue weighted by Gasteiger charge is 2.05. The quantitative estimate of drug-likeness (QED) is 0.853. The van der Waals surface area contributed by atoms with E-state index in [4.69, 9.17) is 0 Å². The second-order valence-electron chi connectivity index (χ2n) is 4.92. The van der Waals surface area contributed by atoms with E-state index in [1.807, 2.05) is 11.3 Å². The average molecular weight is 259 g/mol. The van der Waals surface area contributed by atoms with Crippen molar-refractivity contribution in [3.05, 3.63) is 57.3 Å². The molecule has 1 aromatic carbocycles.